The quantitative estimate of drug-likeness (QED) is 0.451. The summed E-state index contributed by atoms with van der Waals surface area (Å²) in [5, 5.41) is 0. The molecular formula is C13H28F2Sn. The predicted octanol–water partition coefficient (Wildman–Crippen LogP) is 5.64. The van der Waals surface area contributed by atoms with Gasteiger partial charge in [0.2, 0.25) is 0 Å². The van der Waals surface area contributed by atoms with E-state index in [2.05, 4.69) is 20.8 Å². The molecule has 3 heteroatoms. The van der Waals surface area contributed by atoms with Crippen molar-refractivity contribution in [3.05, 3.63) is 0 Å². The fourth-order valence-corrected chi connectivity index (χ4v) is 15.4. The van der Waals surface area contributed by atoms with Crippen LogP contribution in [-0.2, 0) is 0 Å². The zero-order valence-corrected chi connectivity index (χ0v) is 14.1. The average Bonchev–Trinajstić information content (AvgIpc) is 2.28. The number of unbranched alkanes of at least 4 members (excludes halogenated alkanes) is 3. The molecule has 0 amide bonds. The summed E-state index contributed by atoms with van der Waals surface area (Å²) < 4.78 is 27.7. The van der Waals surface area contributed by atoms with Crippen LogP contribution in [0.3, 0.4) is 0 Å². The van der Waals surface area contributed by atoms with Gasteiger partial charge in [0.15, 0.2) is 0 Å². The molecule has 0 aliphatic heterocycles. The Morgan fingerprint density at radius 3 is 1.25 bits per heavy atom. The molecule has 0 spiro atoms. The fourth-order valence-electron chi connectivity index (χ4n) is 2.29. The molecule has 0 aromatic carbocycles. The third-order valence-corrected chi connectivity index (χ3v) is 17.7. The maximum atomic E-state index is 13.4. The minimum absolute atomic E-state index is 0.919. The predicted molar refractivity (Wildman–Crippen MR) is 70.9 cm³/mol. The molecule has 0 atom stereocenters. The van der Waals surface area contributed by atoms with E-state index in [0.29, 0.717) is 0 Å². The molecule has 0 rings (SSSR count). The maximum absolute atomic E-state index is 13.4. The second-order valence-corrected chi connectivity index (χ2v) is 18.3. The van der Waals surface area contributed by atoms with E-state index in [-0.39, 0.29) is 0 Å². The van der Waals surface area contributed by atoms with E-state index in [1.165, 1.54) is 0 Å². The number of halogens is 2. The van der Waals surface area contributed by atoms with Crippen molar-refractivity contribution in [1.29, 1.82) is 0 Å². The number of hydrogen-bond donors (Lipinski definition) is 0. The fraction of sp³-hybridized carbons (Fsp3) is 1.00. The van der Waals surface area contributed by atoms with E-state index < -0.39 is 22.8 Å². The van der Waals surface area contributed by atoms with Gasteiger partial charge in [0, 0.05) is 0 Å². The molecule has 0 saturated heterocycles. The van der Waals surface area contributed by atoms with Crippen molar-refractivity contribution in [1.82, 2.24) is 0 Å². The molecule has 0 heterocycles. The summed E-state index contributed by atoms with van der Waals surface area (Å²) in [4.78, 5) is 0. The molecule has 0 bridgehead atoms. The van der Waals surface area contributed by atoms with Crippen molar-refractivity contribution >= 4 is 18.4 Å². The molecule has 16 heavy (non-hydrogen) atoms. The van der Waals surface area contributed by atoms with Crippen molar-refractivity contribution in [3.63, 3.8) is 0 Å². The number of alkyl halides is 2. The van der Waals surface area contributed by atoms with Crippen LogP contribution in [0.15, 0.2) is 0 Å². The number of hydrogen-bond acceptors (Lipinski definition) is 0. The third-order valence-electron chi connectivity index (χ3n) is 3.55. The Balaban J connectivity index is 4.46. The molecule has 0 saturated carbocycles. The van der Waals surface area contributed by atoms with Gasteiger partial charge in [0.1, 0.15) is 0 Å². The molecule has 0 aromatic rings. The summed E-state index contributed by atoms with van der Waals surface area (Å²) in [5.74, 6) is 0. The van der Waals surface area contributed by atoms with E-state index in [1.54, 1.807) is 0 Å². The first-order valence-corrected chi connectivity index (χ1v) is 14.6. The van der Waals surface area contributed by atoms with Crippen molar-refractivity contribution in [2.45, 2.75) is 77.0 Å². The van der Waals surface area contributed by atoms with Gasteiger partial charge in [-0.2, -0.15) is 0 Å². The molecule has 0 nitrogen and oxygen atoms in total. The average molecular weight is 341 g/mol. The number of rotatable bonds is 10. The second-order valence-electron chi connectivity index (χ2n) is 4.97. The first kappa shape index (κ1) is 16.7. The van der Waals surface area contributed by atoms with E-state index in [4.69, 9.17) is 0 Å². The summed E-state index contributed by atoms with van der Waals surface area (Å²) in [6.45, 7) is 6.34. The monoisotopic (exact) mass is 342 g/mol. The topological polar surface area (TPSA) is 0 Å². The Labute approximate surface area is 104 Å². The van der Waals surface area contributed by atoms with Gasteiger partial charge in [-0.05, 0) is 0 Å². The van der Waals surface area contributed by atoms with Crippen LogP contribution < -0.4 is 0 Å². The van der Waals surface area contributed by atoms with Gasteiger partial charge < -0.3 is 0 Å². The van der Waals surface area contributed by atoms with Crippen LogP contribution in [0, 0.1) is 0 Å². The van der Waals surface area contributed by atoms with Crippen LogP contribution in [0.1, 0.15) is 59.3 Å². The standard InChI is InChI=1S/3C4H9.CHF2.Sn/c3*1-3-4-2;2-1-3;/h3*1,3-4H2,2H3;1H;. The van der Waals surface area contributed by atoms with Gasteiger partial charge >= 0.3 is 104 Å². The second kappa shape index (κ2) is 9.66. The van der Waals surface area contributed by atoms with E-state index in [1.807, 2.05) is 0 Å². The van der Waals surface area contributed by atoms with Crippen LogP contribution in [0.5, 0.6) is 0 Å². The zero-order valence-electron chi connectivity index (χ0n) is 11.2. The van der Waals surface area contributed by atoms with Gasteiger partial charge in [-0.3, -0.25) is 0 Å². The normalized spacial score (nSPS) is 12.4. The molecule has 0 aliphatic rings. The van der Waals surface area contributed by atoms with Crippen LogP contribution >= 0.6 is 0 Å². The van der Waals surface area contributed by atoms with Crippen LogP contribution in [-0.4, -0.2) is 22.8 Å². The Bertz CT molecular complexity index is 138. The van der Waals surface area contributed by atoms with Crippen molar-refractivity contribution in [2.75, 3.05) is 0 Å². The van der Waals surface area contributed by atoms with Crippen LogP contribution in [0.2, 0.25) is 13.3 Å². The molecule has 0 unspecified atom stereocenters. The van der Waals surface area contributed by atoms with E-state index in [9.17, 15) is 8.78 Å². The van der Waals surface area contributed by atoms with Crippen LogP contribution in [0.25, 0.3) is 0 Å². The molecule has 0 radical (unpaired) electrons. The van der Waals surface area contributed by atoms with Gasteiger partial charge in [0.25, 0.3) is 0 Å². The van der Waals surface area contributed by atoms with Crippen LogP contribution in [0.4, 0.5) is 8.78 Å². The third kappa shape index (κ3) is 5.83. The molecule has 0 N–H and O–H groups in total. The molecule has 0 fully saturated rings. The molecular weight excluding hydrogens is 313 g/mol. The van der Waals surface area contributed by atoms with Gasteiger partial charge in [0.05, 0.1) is 0 Å². The summed E-state index contributed by atoms with van der Waals surface area (Å²) in [6.07, 6.45) is 6.33. The molecule has 98 valence electrons. The Kier molecular flexibility index (Phi) is 10.1. The van der Waals surface area contributed by atoms with Crippen molar-refractivity contribution in [3.8, 4) is 0 Å². The minimum atomic E-state index is -3.08. The van der Waals surface area contributed by atoms with Crippen molar-refractivity contribution in [2.24, 2.45) is 0 Å². The molecule has 0 aromatic heterocycles. The SMILES string of the molecule is CCC[CH2][Sn]([CH2]CCC)([CH2]CCC)[CH](F)F. The van der Waals surface area contributed by atoms with E-state index >= 15 is 0 Å². The summed E-state index contributed by atoms with van der Waals surface area (Å²) in [6, 6.07) is 0. The van der Waals surface area contributed by atoms with E-state index in [0.717, 1.165) is 51.8 Å². The summed E-state index contributed by atoms with van der Waals surface area (Å²) >= 11 is -3.08. The summed E-state index contributed by atoms with van der Waals surface area (Å²) in [5.41, 5.74) is 0. The van der Waals surface area contributed by atoms with Gasteiger partial charge in [-0.25, -0.2) is 0 Å². The molecule has 0 aliphatic carbocycles. The van der Waals surface area contributed by atoms with Gasteiger partial charge in [-0.1, -0.05) is 0 Å². The van der Waals surface area contributed by atoms with Gasteiger partial charge in [-0.15, -0.1) is 0 Å². The zero-order chi connectivity index (χ0) is 12.4. The Morgan fingerprint density at radius 1 is 0.750 bits per heavy atom. The Morgan fingerprint density at radius 2 is 1.06 bits per heavy atom. The van der Waals surface area contributed by atoms with Crippen molar-refractivity contribution < 1.29 is 8.78 Å². The first-order chi connectivity index (χ1) is 7.63. The first-order valence-electron chi connectivity index (χ1n) is 6.91. The Hall–Kier alpha value is 0.659. The summed E-state index contributed by atoms with van der Waals surface area (Å²) in [7, 11) is 0.